The topological polar surface area (TPSA) is 55.1 Å². The first kappa shape index (κ1) is 19.1. The molecule has 0 spiro atoms. The molecule has 3 aromatic rings. The normalized spacial score (nSPS) is 12.4. The Balaban J connectivity index is 1.83. The number of halogens is 1. The van der Waals surface area contributed by atoms with Crippen molar-refractivity contribution in [2.45, 2.75) is 46.1 Å². The molecule has 5 heteroatoms. The molecule has 1 atom stereocenters. The number of nitrogens with zero attached hydrogens (tertiary/aromatic N) is 2. The third-order valence-corrected chi connectivity index (χ3v) is 4.98. The molecule has 0 aliphatic heterocycles. The van der Waals surface area contributed by atoms with Gasteiger partial charge < -0.3 is 9.67 Å². The van der Waals surface area contributed by atoms with Crippen molar-refractivity contribution in [3.05, 3.63) is 59.7 Å². The number of aryl methyl sites for hydroxylation is 2. The lowest BCUT2D eigenvalue weighted by Crippen LogP contribution is -2.17. The number of ketones is 1. The maximum atomic E-state index is 14.0. The van der Waals surface area contributed by atoms with Crippen LogP contribution in [0.4, 0.5) is 4.39 Å². The monoisotopic (exact) mass is 368 g/mol. The number of rotatable bonds is 8. The van der Waals surface area contributed by atoms with E-state index in [1.54, 1.807) is 30.3 Å². The Morgan fingerprint density at radius 2 is 2.00 bits per heavy atom. The van der Waals surface area contributed by atoms with Crippen LogP contribution in [-0.4, -0.2) is 20.4 Å². The lowest BCUT2D eigenvalue weighted by atomic mass is 9.90. The molecule has 0 aliphatic rings. The molecule has 0 bridgehead atoms. The van der Waals surface area contributed by atoms with Crippen molar-refractivity contribution in [1.82, 2.24) is 9.55 Å². The Hall–Kier alpha value is -2.69. The van der Waals surface area contributed by atoms with Crippen molar-refractivity contribution in [3.8, 4) is 5.75 Å². The van der Waals surface area contributed by atoms with Gasteiger partial charge in [0.1, 0.15) is 17.4 Å². The van der Waals surface area contributed by atoms with Gasteiger partial charge in [-0.05, 0) is 43.5 Å². The number of aromatic hydroxyl groups is 1. The first-order valence-electron chi connectivity index (χ1n) is 9.52. The van der Waals surface area contributed by atoms with Crippen LogP contribution < -0.4 is 0 Å². The molecule has 3 rings (SSSR count). The minimum Gasteiger partial charge on any atom is -0.508 e. The Bertz CT molecular complexity index is 949. The maximum Gasteiger partial charge on any atom is 0.168 e. The number of imidazole rings is 1. The Kier molecular flexibility index (Phi) is 5.89. The van der Waals surface area contributed by atoms with Crippen molar-refractivity contribution in [1.29, 1.82) is 0 Å². The van der Waals surface area contributed by atoms with E-state index < -0.39 is 5.82 Å². The molecule has 142 valence electrons. The molecule has 1 N–H and O–H groups in total. The molecule has 1 aromatic heterocycles. The summed E-state index contributed by atoms with van der Waals surface area (Å²) in [6.45, 7) is 4.85. The Morgan fingerprint density at radius 3 is 2.70 bits per heavy atom. The molecule has 0 saturated heterocycles. The lowest BCUT2D eigenvalue weighted by molar-refractivity contribution is 0.0905. The van der Waals surface area contributed by atoms with E-state index in [4.69, 9.17) is 4.98 Å². The van der Waals surface area contributed by atoms with E-state index in [0.717, 1.165) is 29.8 Å². The van der Waals surface area contributed by atoms with Crippen LogP contribution in [0.5, 0.6) is 5.75 Å². The SMILES string of the molecule is CCCn1c(CCC(CC)C(=O)c2ccccc2F)nc2ccc(O)cc21. The van der Waals surface area contributed by atoms with E-state index in [1.165, 1.54) is 6.07 Å². The largest absolute Gasteiger partial charge is 0.508 e. The van der Waals surface area contributed by atoms with Crippen molar-refractivity contribution < 1.29 is 14.3 Å². The summed E-state index contributed by atoms with van der Waals surface area (Å²) in [5, 5.41) is 9.79. The highest BCUT2D eigenvalue weighted by atomic mass is 19.1. The predicted octanol–water partition coefficient (Wildman–Crippen LogP) is 5.13. The first-order valence-corrected chi connectivity index (χ1v) is 9.52. The van der Waals surface area contributed by atoms with Crippen LogP contribution in [-0.2, 0) is 13.0 Å². The number of benzene rings is 2. The molecule has 0 aliphatic carbocycles. The third-order valence-electron chi connectivity index (χ3n) is 4.98. The van der Waals surface area contributed by atoms with Gasteiger partial charge in [-0.15, -0.1) is 0 Å². The zero-order valence-corrected chi connectivity index (χ0v) is 15.8. The van der Waals surface area contributed by atoms with Crippen LogP contribution in [0.2, 0.25) is 0 Å². The summed E-state index contributed by atoms with van der Waals surface area (Å²) in [6, 6.07) is 11.3. The highest BCUT2D eigenvalue weighted by molar-refractivity contribution is 5.98. The van der Waals surface area contributed by atoms with Gasteiger partial charge in [0.25, 0.3) is 0 Å². The average Bonchev–Trinajstić information content (AvgIpc) is 3.00. The molecule has 0 saturated carbocycles. The molecule has 4 nitrogen and oxygen atoms in total. The van der Waals surface area contributed by atoms with Crippen molar-refractivity contribution in [3.63, 3.8) is 0 Å². The van der Waals surface area contributed by atoms with Crippen LogP contribution in [0.1, 0.15) is 49.3 Å². The van der Waals surface area contributed by atoms with Gasteiger partial charge in [-0.25, -0.2) is 9.37 Å². The average molecular weight is 368 g/mol. The van der Waals surface area contributed by atoms with Gasteiger partial charge >= 0.3 is 0 Å². The van der Waals surface area contributed by atoms with E-state index >= 15 is 0 Å². The molecule has 0 fully saturated rings. The van der Waals surface area contributed by atoms with Gasteiger partial charge in [0.05, 0.1) is 16.6 Å². The summed E-state index contributed by atoms with van der Waals surface area (Å²) < 4.78 is 16.1. The zero-order valence-electron chi connectivity index (χ0n) is 15.8. The number of fused-ring (bicyclic) bond motifs is 1. The smallest absolute Gasteiger partial charge is 0.168 e. The molecule has 2 aromatic carbocycles. The van der Waals surface area contributed by atoms with Gasteiger partial charge in [0, 0.05) is 24.9 Å². The summed E-state index contributed by atoms with van der Waals surface area (Å²) in [6.07, 6.45) is 2.85. The van der Waals surface area contributed by atoms with Crippen LogP contribution in [0.15, 0.2) is 42.5 Å². The fourth-order valence-electron chi connectivity index (χ4n) is 3.53. The van der Waals surface area contributed by atoms with Crippen molar-refractivity contribution in [2.75, 3.05) is 0 Å². The summed E-state index contributed by atoms with van der Waals surface area (Å²) in [5.41, 5.74) is 1.90. The number of aromatic nitrogens is 2. The fourth-order valence-corrected chi connectivity index (χ4v) is 3.53. The summed E-state index contributed by atoms with van der Waals surface area (Å²) >= 11 is 0. The first-order chi connectivity index (χ1) is 13.0. The fraction of sp³-hybridized carbons (Fsp3) is 0.364. The number of phenols is 1. The van der Waals surface area contributed by atoms with E-state index in [-0.39, 0.29) is 23.0 Å². The van der Waals surface area contributed by atoms with Crippen LogP contribution >= 0.6 is 0 Å². The second-order valence-electron chi connectivity index (χ2n) is 6.84. The van der Waals surface area contributed by atoms with Gasteiger partial charge in [-0.2, -0.15) is 0 Å². The molecule has 0 radical (unpaired) electrons. The summed E-state index contributed by atoms with van der Waals surface area (Å²) in [7, 11) is 0. The highest BCUT2D eigenvalue weighted by Gasteiger charge is 2.22. The van der Waals surface area contributed by atoms with E-state index in [0.29, 0.717) is 19.3 Å². The number of hydrogen-bond donors (Lipinski definition) is 1. The second kappa shape index (κ2) is 8.33. The number of carbonyl (C=O) groups is 1. The van der Waals surface area contributed by atoms with Gasteiger partial charge in [-0.3, -0.25) is 4.79 Å². The third kappa shape index (κ3) is 4.02. The van der Waals surface area contributed by atoms with Gasteiger partial charge in [0.2, 0.25) is 0 Å². The molecular weight excluding hydrogens is 343 g/mol. The van der Waals surface area contributed by atoms with Gasteiger partial charge in [0.15, 0.2) is 5.78 Å². The van der Waals surface area contributed by atoms with Crippen LogP contribution in [0, 0.1) is 11.7 Å². The standard InChI is InChI=1S/C22H25FN2O2/c1-3-13-25-20-14-16(26)10-11-19(20)24-21(25)12-9-15(4-2)22(27)17-7-5-6-8-18(17)23/h5-8,10-11,14-15,26H,3-4,9,12-13H2,1-2H3. The number of phenolic OH excluding ortho intramolecular Hbond substituents is 1. The molecule has 27 heavy (non-hydrogen) atoms. The van der Waals surface area contributed by atoms with Crippen molar-refractivity contribution in [2.24, 2.45) is 5.92 Å². The zero-order chi connectivity index (χ0) is 19.4. The lowest BCUT2D eigenvalue weighted by Gasteiger charge is -2.15. The van der Waals surface area contributed by atoms with Gasteiger partial charge in [-0.1, -0.05) is 26.0 Å². The quantitative estimate of drug-likeness (QED) is 0.561. The maximum absolute atomic E-state index is 14.0. The van der Waals surface area contributed by atoms with Crippen LogP contribution in [0.3, 0.4) is 0 Å². The predicted molar refractivity (Wildman–Crippen MR) is 105 cm³/mol. The number of hydrogen-bond acceptors (Lipinski definition) is 3. The highest BCUT2D eigenvalue weighted by Crippen LogP contribution is 2.25. The Morgan fingerprint density at radius 1 is 1.22 bits per heavy atom. The minimum atomic E-state index is -0.463. The van der Waals surface area contributed by atoms with E-state index in [1.807, 2.05) is 13.0 Å². The molecule has 1 unspecified atom stereocenters. The number of carbonyl (C=O) groups excluding carboxylic acids is 1. The molecular formula is C22H25FN2O2. The van der Waals surface area contributed by atoms with E-state index in [2.05, 4.69) is 11.5 Å². The molecule has 1 heterocycles. The second-order valence-corrected chi connectivity index (χ2v) is 6.84. The summed E-state index contributed by atoms with van der Waals surface area (Å²) in [5.74, 6) is 0.260. The Labute approximate surface area is 158 Å². The number of Topliss-reactive ketones (excluding diaryl/α,β-unsaturated/α-hetero) is 1. The van der Waals surface area contributed by atoms with E-state index in [9.17, 15) is 14.3 Å². The minimum absolute atomic E-state index is 0.147. The summed E-state index contributed by atoms with van der Waals surface area (Å²) in [4.78, 5) is 17.4. The molecule has 0 amide bonds. The van der Waals surface area contributed by atoms with Crippen LogP contribution in [0.25, 0.3) is 11.0 Å². The van der Waals surface area contributed by atoms with Crippen molar-refractivity contribution >= 4 is 16.8 Å².